The molecule has 0 saturated carbocycles. The molecule has 0 aliphatic rings. The van der Waals surface area contributed by atoms with Crippen molar-refractivity contribution in [3.8, 4) is 5.75 Å². The third-order valence-electron chi connectivity index (χ3n) is 5.84. The summed E-state index contributed by atoms with van der Waals surface area (Å²) in [4.78, 5) is 28.3. The van der Waals surface area contributed by atoms with Gasteiger partial charge in [-0.3, -0.25) is 9.59 Å². The van der Waals surface area contributed by atoms with Gasteiger partial charge in [0.25, 0.3) is 5.91 Å². The lowest BCUT2D eigenvalue weighted by Crippen LogP contribution is -2.52. The molecule has 0 heterocycles. The van der Waals surface area contributed by atoms with Crippen LogP contribution in [0.5, 0.6) is 5.75 Å². The van der Waals surface area contributed by atoms with Crippen molar-refractivity contribution in [3.63, 3.8) is 0 Å². The molecule has 2 amide bonds. The van der Waals surface area contributed by atoms with E-state index in [9.17, 15) is 14.0 Å². The summed E-state index contributed by atoms with van der Waals surface area (Å²) in [5, 5.41) is 2.96. The molecule has 1 atom stereocenters. The van der Waals surface area contributed by atoms with Crippen LogP contribution in [0.3, 0.4) is 0 Å². The third kappa shape index (κ3) is 7.67. The highest BCUT2D eigenvalue weighted by Gasteiger charge is 2.31. The average Bonchev–Trinajstić information content (AvgIpc) is 2.87. The fourth-order valence-corrected chi connectivity index (χ4v) is 3.81. The van der Waals surface area contributed by atoms with Crippen LogP contribution in [0.25, 0.3) is 0 Å². The first-order valence-corrected chi connectivity index (χ1v) is 12.0. The van der Waals surface area contributed by atoms with Crippen LogP contribution in [0.2, 0.25) is 0 Å². The van der Waals surface area contributed by atoms with Crippen molar-refractivity contribution >= 4 is 11.8 Å². The van der Waals surface area contributed by atoms with Crippen LogP contribution in [0.1, 0.15) is 36.5 Å². The molecule has 184 valence electrons. The smallest absolute Gasteiger partial charge is 0.261 e. The summed E-state index contributed by atoms with van der Waals surface area (Å²) in [6.07, 6.45) is 2.08. The highest BCUT2D eigenvalue weighted by atomic mass is 19.1. The zero-order valence-corrected chi connectivity index (χ0v) is 20.4. The first kappa shape index (κ1) is 25.9. The number of halogens is 1. The van der Waals surface area contributed by atoms with E-state index in [0.717, 1.165) is 24.0 Å². The van der Waals surface area contributed by atoms with E-state index in [4.69, 9.17) is 4.74 Å². The number of hydrogen-bond donors (Lipinski definition) is 1. The van der Waals surface area contributed by atoms with Crippen molar-refractivity contribution in [1.29, 1.82) is 0 Å². The molecule has 3 aromatic rings. The van der Waals surface area contributed by atoms with Gasteiger partial charge in [-0.25, -0.2) is 4.39 Å². The minimum absolute atomic E-state index is 0.0403. The van der Waals surface area contributed by atoms with Crippen LogP contribution in [0.4, 0.5) is 4.39 Å². The topological polar surface area (TPSA) is 58.6 Å². The third-order valence-corrected chi connectivity index (χ3v) is 5.84. The van der Waals surface area contributed by atoms with E-state index in [1.54, 1.807) is 24.3 Å². The summed E-state index contributed by atoms with van der Waals surface area (Å²) >= 11 is 0. The van der Waals surface area contributed by atoms with Crippen molar-refractivity contribution in [1.82, 2.24) is 10.2 Å². The van der Waals surface area contributed by atoms with Gasteiger partial charge in [-0.05, 0) is 36.6 Å². The van der Waals surface area contributed by atoms with E-state index < -0.39 is 11.9 Å². The van der Waals surface area contributed by atoms with E-state index in [1.807, 2.05) is 62.4 Å². The Balaban J connectivity index is 1.90. The highest BCUT2D eigenvalue weighted by molar-refractivity contribution is 5.88. The molecule has 0 aliphatic heterocycles. The van der Waals surface area contributed by atoms with Crippen molar-refractivity contribution < 1.29 is 18.7 Å². The monoisotopic (exact) mass is 476 g/mol. The lowest BCUT2D eigenvalue weighted by Gasteiger charge is -2.31. The Morgan fingerprint density at radius 3 is 2.37 bits per heavy atom. The molecule has 0 aromatic heterocycles. The van der Waals surface area contributed by atoms with E-state index in [1.165, 1.54) is 11.0 Å². The van der Waals surface area contributed by atoms with Gasteiger partial charge in [0.05, 0.1) is 0 Å². The molecular formula is C29H33FN2O3. The molecule has 35 heavy (non-hydrogen) atoms. The Bertz CT molecular complexity index is 1100. The number of amides is 2. The minimum Gasteiger partial charge on any atom is -0.484 e. The van der Waals surface area contributed by atoms with Crippen molar-refractivity contribution in [2.75, 3.05) is 13.2 Å². The molecule has 0 aliphatic carbocycles. The molecule has 5 nitrogen and oxygen atoms in total. The second kappa shape index (κ2) is 13.3. The number of ether oxygens (including phenoxy) is 1. The number of carbonyl (C=O) groups is 2. The number of benzene rings is 3. The van der Waals surface area contributed by atoms with E-state index in [2.05, 4.69) is 5.32 Å². The van der Waals surface area contributed by atoms with E-state index >= 15 is 0 Å². The summed E-state index contributed by atoms with van der Waals surface area (Å²) in [6, 6.07) is 22.4. The van der Waals surface area contributed by atoms with E-state index in [0.29, 0.717) is 24.3 Å². The maximum Gasteiger partial charge on any atom is 0.261 e. The van der Waals surface area contributed by atoms with Crippen LogP contribution in [0, 0.1) is 12.7 Å². The normalized spacial score (nSPS) is 11.5. The Kier molecular flexibility index (Phi) is 9.84. The van der Waals surface area contributed by atoms with Crippen molar-refractivity contribution in [2.45, 2.75) is 45.7 Å². The summed E-state index contributed by atoms with van der Waals surface area (Å²) in [5.74, 6) is -0.473. The average molecular weight is 477 g/mol. The Labute approximate surface area is 206 Å². The molecule has 0 fully saturated rings. The van der Waals surface area contributed by atoms with Gasteiger partial charge in [0.2, 0.25) is 5.91 Å². The maximum absolute atomic E-state index is 14.6. The van der Waals surface area contributed by atoms with Crippen LogP contribution < -0.4 is 10.1 Å². The number of aryl methyl sites for hydroxylation is 1. The van der Waals surface area contributed by atoms with Crippen LogP contribution in [0.15, 0.2) is 78.9 Å². The number of nitrogens with zero attached hydrogens (tertiary/aromatic N) is 1. The van der Waals surface area contributed by atoms with Gasteiger partial charge in [-0.2, -0.15) is 0 Å². The van der Waals surface area contributed by atoms with Crippen molar-refractivity contribution in [2.24, 2.45) is 0 Å². The molecule has 3 rings (SSSR count). The van der Waals surface area contributed by atoms with Gasteiger partial charge in [0, 0.05) is 25.1 Å². The molecule has 3 aromatic carbocycles. The number of hydrogen-bond acceptors (Lipinski definition) is 3. The molecule has 0 spiro atoms. The Morgan fingerprint density at radius 2 is 1.66 bits per heavy atom. The van der Waals surface area contributed by atoms with E-state index in [-0.39, 0.29) is 25.0 Å². The molecule has 1 N–H and O–H groups in total. The number of rotatable bonds is 12. The highest BCUT2D eigenvalue weighted by Crippen LogP contribution is 2.19. The lowest BCUT2D eigenvalue weighted by molar-refractivity contribution is -0.142. The fraction of sp³-hybridized carbons (Fsp3) is 0.310. The number of para-hydroxylation sites is 1. The van der Waals surface area contributed by atoms with Crippen LogP contribution in [-0.2, 0) is 22.6 Å². The van der Waals surface area contributed by atoms with Crippen LogP contribution in [-0.4, -0.2) is 35.9 Å². The Hall–Kier alpha value is -3.67. The van der Waals surface area contributed by atoms with Gasteiger partial charge in [0.1, 0.15) is 17.6 Å². The maximum atomic E-state index is 14.6. The molecule has 0 saturated heterocycles. The first-order chi connectivity index (χ1) is 17.0. The number of carbonyl (C=O) groups excluding carboxylic acids is 2. The quantitative estimate of drug-likeness (QED) is 0.372. The zero-order valence-electron chi connectivity index (χ0n) is 20.4. The molecule has 0 bridgehead atoms. The van der Waals surface area contributed by atoms with Gasteiger partial charge in [-0.1, -0.05) is 80.1 Å². The van der Waals surface area contributed by atoms with Gasteiger partial charge in [-0.15, -0.1) is 0 Å². The SMILES string of the molecule is CCCCNC(=O)[C@H](Cc1ccccc1)N(Cc1ccccc1F)C(=O)COc1ccccc1C. The summed E-state index contributed by atoms with van der Waals surface area (Å²) < 4.78 is 20.4. The van der Waals surface area contributed by atoms with Gasteiger partial charge >= 0.3 is 0 Å². The van der Waals surface area contributed by atoms with Gasteiger partial charge < -0.3 is 15.0 Å². The predicted octanol–water partition coefficient (Wildman–Crippen LogP) is 5.07. The molecule has 0 radical (unpaired) electrons. The largest absolute Gasteiger partial charge is 0.484 e. The van der Waals surface area contributed by atoms with Crippen LogP contribution >= 0.6 is 0 Å². The summed E-state index contributed by atoms with van der Waals surface area (Å²) in [5.41, 5.74) is 2.16. The molecule has 6 heteroatoms. The van der Waals surface area contributed by atoms with Gasteiger partial charge in [0.15, 0.2) is 6.61 Å². The summed E-state index contributed by atoms with van der Waals surface area (Å²) in [6.45, 7) is 4.16. The van der Waals surface area contributed by atoms with Crippen molar-refractivity contribution in [3.05, 3.63) is 101 Å². The lowest BCUT2D eigenvalue weighted by atomic mass is 10.0. The minimum atomic E-state index is -0.818. The predicted molar refractivity (Wildman–Crippen MR) is 135 cm³/mol. The number of nitrogens with one attached hydrogen (secondary N) is 1. The summed E-state index contributed by atoms with van der Waals surface area (Å²) in [7, 11) is 0. The first-order valence-electron chi connectivity index (χ1n) is 12.0. The second-order valence-corrected chi connectivity index (χ2v) is 8.52. The zero-order chi connectivity index (χ0) is 25.0. The number of unbranched alkanes of at least 4 members (excludes halogenated alkanes) is 1. The molecular weight excluding hydrogens is 443 g/mol. The Morgan fingerprint density at radius 1 is 0.971 bits per heavy atom. The molecule has 0 unspecified atom stereocenters. The second-order valence-electron chi connectivity index (χ2n) is 8.52. The fourth-order valence-electron chi connectivity index (χ4n) is 3.81. The standard InChI is InChI=1S/C29H33FN2O3/c1-3-4-18-31-29(34)26(19-23-13-6-5-7-14-23)32(20-24-15-9-10-16-25(24)30)28(33)21-35-27-17-11-8-12-22(27)2/h5-17,26H,3-4,18-21H2,1-2H3,(H,31,34)/t26-/m0/s1.